The number of rotatable bonds is 3. The molecule has 0 radical (unpaired) electrons. The molecule has 2 aromatic rings. The maximum absolute atomic E-state index is 11.0. The number of hydrogen-bond donors (Lipinski definition) is 3. The molecular formula is C14H16N4O3S. The lowest BCUT2D eigenvalue weighted by atomic mass is 9.79. The SMILES string of the molecule is CCC1(O)CC(CO)OC1(C#N)c1scc2c(N)ncnc12. The third kappa shape index (κ3) is 1.84. The Morgan fingerprint density at radius 2 is 2.36 bits per heavy atom. The number of ether oxygens (including phenoxy) is 1. The van der Waals surface area contributed by atoms with Gasteiger partial charge in [0.2, 0.25) is 5.60 Å². The molecule has 8 heteroatoms. The van der Waals surface area contributed by atoms with E-state index in [-0.39, 0.29) is 13.0 Å². The maximum Gasteiger partial charge on any atom is 0.220 e. The fraction of sp³-hybridized carbons (Fsp3) is 0.500. The number of anilines is 1. The molecule has 0 saturated carbocycles. The van der Waals surface area contributed by atoms with Crippen LogP contribution in [0.3, 0.4) is 0 Å². The Labute approximate surface area is 131 Å². The number of aliphatic hydroxyl groups is 2. The molecule has 1 aliphatic heterocycles. The molecular weight excluding hydrogens is 304 g/mol. The van der Waals surface area contributed by atoms with Crippen LogP contribution in [0.25, 0.3) is 10.9 Å². The summed E-state index contributed by atoms with van der Waals surface area (Å²) < 4.78 is 5.79. The van der Waals surface area contributed by atoms with Crippen molar-refractivity contribution in [2.45, 2.75) is 37.1 Å². The third-order valence-corrected chi connectivity index (χ3v) is 5.32. The van der Waals surface area contributed by atoms with E-state index < -0.39 is 17.3 Å². The summed E-state index contributed by atoms with van der Waals surface area (Å²) in [6.45, 7) is 1.53. The van der Waals surface area contributed by atoms with Crippen LogP contribution in [0.4, 0.5) is 5.82 Å². The molecule has 1 aliphatic rings. The molecule has 3 atom stereocenters. The molecule has 0 bridgehead atoms. The monoisotopic (exact) mass is 320 g/mol. The van der Waals surface area contributed by atoms with Crippen LogP contribution < -0.4 is 5.73 Å². The lowest BCUT2D eigenvalue weighted by Gasteiger charge is -2.33. The first-order valence-corrected chi connectivity index (χ1v) is 7.79. The quantitative estimate of drug-likeness (QED) is 0.767. The van der Waals surface area contributed by atoms with Crippen LogP contribution in [0.5, 0.6) is 0 Å². The van der Waals surface area contributed by atoms with E-state index in [0.29, 0.717) is 28.0 Å². The summed E-state index contributed by atoms with van der Waals surface area (Å²) in [7, 11) is 0. The molecule has 116 valence electrons. The van der Waals surface area contributed by atoms with Gasteiger partial charge in [-0.25, -0.2) is 9.97 Å². The predicted octanol–water partition coefficient (Wildman–Crippen LogP) is 0.915. The Bertz CT molecular complexity index is 758. The second kappa shape index (κ2) is 5.14. The summed E-state index contributed by atoms with van der Waals surface area (Å²) in [4.78, 5) is 8.63. The van der Waals surface area contributed by atoms with Crippen molar-refractivity contribution in [1.29, 1.82) is 5.26 Å². The maximum atomic E-state index is 11.0. The second-order valence-electron chi connectivity index (χ2n) is 5.39. The molecule has 3 unspecified atom stereocenters. The first kappa shape index (κ1) is 15.1. The summed E-state index contributed by atoms with van der Waals surface area (Å²) in [5, 5.41) is 32.6. The average Bonchev–Trinajstić information content (AvgIpc) is 3.08. The number of nitrogens with two attached hydrogens (primary N) is 1. The second-order valence-corrected chi connectivity index (χ2v) is 6.27. The third-order valence-electron chi connectivity index (χ3n) is 4.25. The standard InChI is InChI=1S/C14H16N4O3S/c1-2-13(20)3-8(4-19)21-14(13,6-15)11-10-9(5-22-11)12(16)18-7-17-10/h5,7-8,19-20H,2-4H2,1H3,(H2,16,17,18). The molecule has 2 aromatic heterocycles. The van der Waals surface area contributed by atoms with Crippen molar-refractivity contribution >= 4 is 28.1 Å². The summed E-state index contributed by atoms with van der Waals surface area (Å²) in [5.74, 6) is 0.317. The molecule has 0 spiro atoms. The molecule has 0 amide bonds. The van der Waals surface area contributed by atoms with E-state index in [2.05, 4.69) is 16.0 Å². The highest BCUT2D eigenvalue weighted by atomic mass is 32.1. The normalized spacial score (nSPS) is 31.5. The Morgan fingerprint density at radius 1 is 1.59 bits per heavy atom. The Balaban J connectivity index is 2.25. The predicted molar refractivity (Wildman–Crippen MR) is 80.9 cm³/mol. The van der Waals surface area contributed by atoms with Crippen molar-refractivity contribution in [3.05, 3.63) is 16.6 Å². The van der Waals surface area contributed by atoms with Crippen molar-refractivity contribution in [2.24, 2.45) is 0 Å². The van der Waals surface area contributed by atoms with E-state index in [1.807, 2.05) is 0 Å². The van der Waals surface area contributed by atoms with Crippen LogP contribution in [0.1, 0.15) is 24.6 Å². The number of thiophene rings is 1. The highest BCUT2D eigenvalue weighted by Crippen LogP contribution is 2.51. The minimum Gasteiger partial charge on any atom is -0.394 e. The molecule has 0 aliphatic carbocycles. The average molecular weight is 320 g/mol. The summed E-state index contributed by atoms with van der Waals surface area (Å²) in [6.07, 6.45) is 1.23. The molecule has 1 fully saturated rings. The molecule has 3 rings (SSSR count). The van der Waals surface area contributed by atoms with E-state index >= 15 is 0 Å². The topological polar surface area (TPSA) is 125 Å². The van der Waals surface area contributed by atoms with Crippen LogP contribution >= 0.6 is 11.3 Å². The summed E-state index contributed by atoms with van der Waals surface area (Å²) in [6, 6.07) is 2.12. The highest BCUT2D eigenvalue weighted by Gasteiger charge is 2.61. The van der Waals surface area contributed by atoms with Crippen molar-refractivity contribution in [1.82, 2.24) is 9.97 Å². The van der Waals surface area contributed by atoms with E-state index in [1.54, 1.807) is 12.3 Å². The van der Waals surface area contributed by atoms with Gasteiger partial charge in [0.25, 0.3) is 0 Å². The summed E-state index contributed by atoms with van der Waals surface area (Å²) in [5.41, 5.74) is 3.38. The molecule has 3 heterocycles. The smallest absolute Gasteiger partial charge is 0.220 e. The van der Waals surface area contributed by atoms with Gasteiger partial charge in [0.05, 0.1) is 28.5 Å². The van der Waals surface area contributed by atoms with Crippen LogP contribution in [0.2, 0.25) is 0 Å². The van der Waals surface area contributed by atoms with Gasteiger partial charge >= 0.3 is 0 Å². The van der Waals surface area contributed by atoms with Gasteiger partial charge in [-0.3, -0.25) is 0 Å². The van der Waals surface area contributed by atoms with Crippen LogP contribution in [-0.2, 0) is 10.3 Å². The van der Waals surface area contributed by atoms with Gasteiger partial charge < -0.3 is 20.7 Å². The largest absolute Gasteiger partial charge is 0.394 e. The fourth-order valence-electron chi connectivity index (χ4n) is 2.99. The van der Waals surface area contributed by atoms with Gasteiger partial charge in [0.1, 0.15) is 23.8 Å². The number of hydrogen-bond acceptors (Lipinski definition) is 8. The number of fused-ring (bicyclic) bond motifs is 1. The van der Waals surface area contributed by atoms with Crippen molar-refractivity contribution < 1.29 is 14.9 Å². The van der Waals surface area contributed by atoms with Crippen LogP contribution in [0.15, 0.2) is 11.7 Å². The first-order chi connectivity index (χ1) is 10.5. The van der Waals surface area contributed by atoms with Crippen LogP contribution in [-0.4, -0.2) is 38.5 Å². The van der Waals surface area contributed by atoms with Crippen molar-refractivity contribution in [3.63, 3.8) is 0 Å². The Kier molecular flexibility index (Phi) is 3.53. The number of nitrogens with zero attached hydrogens (tertiary/aromatic N) is 3. The van der Waals surface area contributed by atoms with Gasteiger partial charge in [-0.05, 0) is 6.42 Å². The first-order valence-electron chi connectivity index (χ1n) is 6.91. The zero-order chi connectivity index (χ0) is 16.0. The van der Waals surface area contributed by atoms with Gasteiger partial charge in [-0.15, -0.1) is 11.3 Å². The molecule has 1 saturated heterocycles. The molecule has 0 aromatic carbocycles. The number of nitriles is 1. The number of aromatic nitrogens is 2. The molecule has 22 heavy (non-hydrogen) atoms. The van der Waals surface area contributed by atoms with Gasteiger partial charge in [-0.2, -0.15) is 5.26 Å². The Morgan fingerprint density at radius 3 is 3.00 bits per heavy atom. The number of aliphatic hydroxyl groups excluding tert-OH is 1. The highest BCUT2D eigenvalue weighted by molar-refractivity contribution is 7.11. The van der Waals surface area contributed by atoms with Gasteiger partial charge in [0.15, 0.2) is 0 Å². The fourth-order valence-corrected chi connectivity index (χ4v) is 4.18. The van der Waals surface area contributed by atoms with Crippen molar-refractivity contribution in [3.8, 4) is 6.07 Å². The van der Waals surface area contributed by atoms with Crippen molar-refractivity contribution in [2.75, 3.05) is 12.3 Å². The molecule has 7 nitrogen and oxygen atoms in total. The zero-order valence-corrected chi connectivity index (χ0v) is 12.8. The lowest BCUT2D eigenvalue weighted by Crippen LogP contribution is -2.46. The van der Waals surface area contributed by atoms with Gasteiger partial charge in [-0.1, -0.05) is 6.92 Å². The number of nitrogen functional groups attached to an aromatic ring is 1. The molecule has 4 N–H and O–H groups in total. The minimum atomic E-state index is -1.57. The van der Waals surface area contributed by atoms with Gasteiger partial charge in [0, 0.05) is 11.8 Å². The van der Waals surface area contributed by atoms with E-state index in [9.17, 15) is 15.5 Å². The van der Waals surface area contributed by atoms with E-state index in [4.69, 9.17) is 10.5 Å². The lowest BCUT2D eigenvalue weighted by molar-refractivity contribution is -0.105. The Hall–Kier alpha value is -1.79. The van der Waals surface area contributed by atoms with Crippen LogP contribution in [0, 0.1) is 11.3 Å². The minimum absolute atomic E-state index is 0.188. The summed E-state index contributed by atoms with van der Waals surface area (Å²) >= 11 is 1.26. The van der Waals surface area contributed by atoms with E-state index in [0.717, 1.165) is 0 Å². The van der Waals surface area contributed by atoms with E-state index in [1.165, 1.54) is 17.7 Å². The zero-order valence-electron chi connectivity index (χ0n) is 12.0.